The van der Waals surface area contributed by atoms with E-state index in [1.807, 2.05) is 17.8 Å². The Morgan fingerprint density at radius 3 is 3.12 bits per heavy atom. The van der Waals surface area contributed by atoms with Gasteiger partial charge in [0.15, 0.2) is 5.13 Å². The first-order chi connectivity index (χ1) is 7.83. The standard InChI is InChI=1S/C11H14N4S/c1-9-6-13-15(7-9)10-2-4-14(8-10)11-12-3-5-16-11/h3,5-7,10H,2,4,8H2,1H3. The monoisotopic (exact) mass is 234 g/mol. The van der Waals surface area contributed by atoms with Crippen LogP contribution in [0.2, 0.25) is 0 Å². The third-order valence-electron chi connectivity index (χ3n) is 2.96. The lowest BCUT2D eigenvalue weighted by Gasteiger charge is -2.14. The zero-order chi connectivity index (χ0) is 11.0. The number of hydrogen-bond acceptors (Lipinski definition) is 4. The van der Waals surface area contributed by atoms with E-state index in [0.29, 0.717) is 6.04 Å². The van der Waals surface area contributed by atoms with Crippen molar-refractivity contribution in [1.29, 1.82) is 0 Å². The summed E-state index contributed by atoms with van der Waals surface area (Å²) >= 11 is 1.71. The number of hydrogen-bond donors (Lipinski definition) is 0. The highest BCUT2D eigenvalue weighted by Gasteiger charge is 2.25. The number of rotatable bonds is 2. The SMILES string of the molecule is Cc1cnn(C2CCN(c3nccs3)C2)c1. The van der Waals surface area contributed by atoms with Crippen molar-refractivity contribution in [2.45, 2.75) is 19.4 Å². The molecule has 1 fully saturated rings. The fourth-order valence-electron chi connectivity index (χ4n) is 2.14. The summed E-state index contributed by atoms with van der Waals surface area (Å²) in [4.78, 5) is 6.69. The van der Waals surface area contributed by atoms with Crippen molar-refractivity contribution < 1.29 is 0 Å². The molecule has 4 nitrogen and oxygen atoms in total. The van der Waals surface area contributed by atoms with E-state index in [1.54, 1.807) is 11.3 Å². The first kappa shape index (κ1) is 9.84. The van der Waals surface area contributed by atoms with Crippen molar-refractivity contribution in [2.75, 3.05) is 18.0 Å². The van der Waals surface area contributed by atoms with Crippen LogP contribution in [0.15, 0.2) is 24.0 Å². The molecule has 5 heteroatoms. The van der Waals surface area contributed by atoms with Gasteiger partial charge in [-0.15, -0.1) is 11.3 Å². The molecule has 16 heavy (non-hydrogen) atoms. The van der Waals surface area contributed by atoms with Gasteiger partial charge in [0.25, 0.3) is 0 Å². The molecule has 0 aromatic carbocycles. The van der Waals surface area contributed by atoms with Crippen molar-refractivity contribution in [1.82, 2.24) is 14.8 Å². The van der Waals surface area contributed by atoms with E-state index < -0.39 is 0 Å². The van der Waals surface area contributed by atoms with Crippen molar-refractivity contribution in [3.8, 4) is 0 Å². The topological polar surface area (TPSA) is 34.0 Å². The summed E-state index contributed by atoms with van der Waals surface area (Å²) in [7, 11) is 0. The van der Waals surface area contributed by atoms with E-state index in [1.165, 1.54) is 5.56 Å². The number of aromatic nitrogens is 3. The lowest BCUT2D eigenvalue weighted by atomic mass is 10.3. The van der Waals surface area contributed by atoms with Gasteiger partial charge in [-0.3, -0.25) is 4.68 Å². The Hall–Kier alpha value is -1.36. The van der Waals surface area contributed by atoms with E-state index in [2.05, 4.69) is 32.8 Å². The molecule has 0 N–H and O–H groups in total. The maximum absolute atomic E-state index is 4.39. The zero-order valence-electron chi connectivity index (χ0n) is 9.21. The van der Waals surface area contributed by atoms with Gasteiger partial charge in [0.05, 0.1) is 12.2 Å². The molecule has 2 aromatic heterocycles. The largest absolute Gasteiger partial charge is 0.346 e. The van der Waals surface area contributed by atoms with Crippen LogP contribution < -0.4 is 4.90 Å². The smallest absolute Gasteiger partial charge is 0.185 e. The maximum Gasteiger partial charge on any atom is 0.185 e. The van der Waals surface area contributed by atoms with Gasteiger partial charge < -0.3 is 4.90 Å². The summed E-state index contributed by atoms with van der Waals surface area (Å²) in [6.07, 6.45) is 7.06. The Morgan fingerprint density at radius 1 is 1.50 bits per heavy atom. The number of anilines is 1. The highest BCUT2D eigenvalue weighted by atomic mass is 32.1. The van der Waals surface area contributed by atoms with Crippen molar-refractivity contribution in [2.24, 2.45) is 0 Å². The van der Waals surface area contributed by atoms with E-state index in [-0.39, 0.29) is 0 Å². The minimum Gasteiger partial charge on any atom is -0.346 e. The molecule has 0 radical (unpaired) electrons. The van der Waals surface area contributed by atoms with Gasteiger partial charge in [0.2, 0.25) is 0 Å². The van der Waals surface area contributed by atoms with Crippen LogP contribution in [0.1, 0.15) is 18.0 Å². The normalized spacial score (nSPS) is 20.6. The molecule has 0 saturated carbocycles. The Balaban J connectivity index is 1.74. The predicted octanol–water partition coefficient (Wildman–Crippen LogP) is 2.10. The van der Waals surface area contributed by atoms with Crippen LogP contribution in [0.25, 0.3) is 0 Å². The summed E-state index contributed by atoms with van der Waals surface area (Å²) in [5.74, 6) is 0. The molecule has 1 atom stereocenters. The van der Waals surface area contributed by atoms with Gasteiger partial charge in [0.1, 0.15) is 0 Å². The predicted molar refractivity (Wildman–Crippen MR) is 64.9 cm³/mol. The first-order valence-electron chi connectivity index (χ1n) is 5.48. The second kappa shape index (κ2) is 3.90. The fourth-order valence-corrected chi connectivity index (χ4v) is 2.82. The third kappa shape index (κ3) is 1.71. The van der Waals surface area contributed by atoms with Gasteiger partial charge in [-0.1, -0.05) is 0 Å². The van der Waals surface area contributed by atoms with Crippen LogP contribution >= 0.6 is 11.3 Å². The van der Waals surface area contributed by atoms with Gasteiger partial charge >= 0.3 is 0 Å². The summed E-state index contributed by atoms with van der Waals surface area (Å²) in [6, 6.07) is 0.498. The molecule has 1 aliphatic rings. The fraction of sp³-hybridized carbons (Fsp3) is 0.455. The van der Waals surface area contributed by atoms with Gasteiger partial charge in [-0.25, -0.2) is 4.98 Å². The van der Waals surface area contributed by atoms with Crippen LogP contribution in [0, 0.1) is 6.92 Å². The molecular formula is C11H14N4S. The van der Waals surface area contributed by atoms with Crippen LogP contribution in [-0.2, 0) is 0 Å². The molecular weight excluding hydrogens is 220 g/mol. The van der Waals surface area contributed by atoms with Crippen LogP contribution in [-0.4, -0.2) is 27.9 Å². The molecule has 3 heterocycles. The second-order valence-corrected chi connectivity index (χ2v) is 5.07. The Labute approximate surface area is 98.5 Å². The molecule has 0 amide bonds. The van der Waals surface area contributed by atoms with E-state index >= 15 is 0 Å². The average Bonchev–Trinajstić information content (AvgIpc) is 2.97. The Kier molecular flexibility index (Phi) is 2.40. The average molecular weight is 234 g/mol. The molecule has 3 rings (SSSR count). The quantitative estimate of drug-likeness (QED) is 0.798. The Bertz CT molecular complexity index is 462. The summed E-state index contributed by atoms with van der Waals surface area (Å²) in [6.45, 7) is 4.18. The lowest BCUT2D eigenvalue weighted by molar-refractivity contribution is 0.494. The molecule has 0 aliphatic carbocycles. The molecule has 1 saturated heterocycles. The summed E-state index contributed by atoms with van der Waals surface area (Å²) in [5.41, 5.74) is 1.23. The third-order valence-corrected chi connectivity index (χ3v) is 3.79. The first-order valence-corrected chi connectivity index (χ1v) is 6.36. The highest BCUT2D eigenvalue weighted by Crippen LogP contribution is 2.27. The van der Waals surface area contributed by atoms with Crippen LogP contribution in [0.3, 0.4) is 0 Å². The summed E-state index contributed by atoms with van der Waals surface area (Å²) in [5, 5.41) is 7.55. The van der Waals surface area contributed by atoms with Crippen LogP contribution in [0.4, 0.5) is 5.13 Å². The van der Waals surface area contributed by atoms with E-state index in [0.717, 1.165) is 24.6 Å². The maximum atomic E-state index is 4.39. The molecule has 0 spiro atoms. The van der Waals surface area contributed by atoms with Crippen molar-refractivity contribution >= 4 is 16.5 Å². The molecule has 1 aliphatic heterocycles. The molecule has 0 bridgehead atoms. The molecule has 1 unspecified atom stereocenters. The van der Waals surface area contributed by atoms with Crippen molar-refractivity contribution in [3.63, 3.8) is 0 Å². The van der Waals surface area contributed by atoms with E-state index in [4.69, 9.17) is 0 Å². The Morgan fingerprint density at radius 2 is 2.44 bits per heavy atom. The van der Waals surface area contributed by atoms with Crippen LogP contribution in [0.5, 0.6) is 0 Å². The highest BCUT2D eigenvalue weighted by molar-refractivity contribution is 7.13. The van der Waals surface area contributed by atoms with Gasteiger partial charge in [-0.2, -0.15) is 5.10 Å². The second-order valence-electron chi connectivity index (χ2n) is 4.20. The lowest BCUT2D eigenvalue weighted by Crippen LogP contribution is -2.20. The zero-order valence-corrected chi connectivity index (χ0v) is 10.0. The summed E-state index contributed by atoms with van der Waals surface area (Å²) < 4.78 is 2.09. The van der Waals surface area contributed by atoms with Gasteiger partial charge in [-0.05, 0) is 18.9 Å². The minimum atomic E-state index is 0.498. The number of aryl methyl sites for hydroxylation is 1. The number of thiazole rings is 1. The van der Waals surface area contributed by atoms with Crippen molar-refractivity contribution in [3.05, 3.63) is 29.5 Å². The minimum absolute atomic E-state index is 0.498. The molecule has 84 valence electrons. The van der Waals surface area contributed by atoms with E-state index in [9.17, 15) is 0 Å². The number of nitrogens with zero attached hydrogens (tertiary/aromatic N) is 4. The van der Waals surface area contributed by atoms with Gasteiger partial charge in [0, 0.05) is 30.9 Å². The molecule has 2 aromatic rings.